The topological polar surface area (TPSA) is 74.8 Å². The van der Waals surface area contributed by atoms with Gasteiger partial charge >= 0.3 is 0 Å². The molecule has 0 aliphatic rings. The zero-order chi connectivity index (χ0) is 13.3. The van der Waals surface area contributed by atoms with Gasteiger partial charge in [0, 0.05) is 5.02 Å². The van der Waals surface area contributed by atoms with E-state index in [1.165, 1.54) is 18.3 Å². The smallest absolute Gasteiger partial charge is 0.279 e. The molecule has 0 bridgehead atoms. The highest BCUT2D eigenvalue weighted by molar-refractivity contribution is 7.92. The summed E-state index contributed by atoms with van der Waals surface area (Å²) in [7, 11) is -3.72. The van der Waals surface area contributed by atoms with Crippen LogP contribution >= 0.6 is 23.2 Å². The molecule has 0 fully saturated rings. The van der Waals surface area contributed by atoms with Crippen LogP contribution in [0.25, 0.3) is 0 Å². The maximum atomic E-state index is 12.0. The number of H-pyrrole nitrogens is 1. The molecule has 1 aromatic carbocycles. The van der Waals surface area contributed by atoms with Gasteiger partial charge in [-0.3, -0.25) is 4.72 Å². The van der Waals surface area contributed by atoms with Gasteiger partial charge in [-0.25, -0.2) is 4.98 Å². The summed E-state index contributed by atoms with van der Waals surface area (Å²) < 4.78 is 26.3. The number of halogens is 2. The van der Waals surface area contributed by atoms with Gasteiger partial charge in [0.2, 0.25) is 0 Å². The lowest BCUT2D eigenvalue weighted by Gasteiger charge is -2.08. The second-order valence-corrected chi connectivity index (χ2v) is 6.06. The molecule has 18 heavy (non-hydrogen) atoms. The van der Waals surface area contributed by atoms with Gasteiger partial charge in [-0.1, -0.05) is 23.2 Å². The molecule has 0 aliphatic carbocycles. The zero-order valence-corrected chi connectivity index (χ0v) is 11.6. The van der Waals surface area contributed by atoms with E-state index >= 15 is 0 Å². The van der Waals surface area contributed by atoms with Crippen molar-refractivity contribution in [1.29, 1.82) is 0 Å². The van der Waals surface area contributed by atoms with Crippen LogP contribution in [0.5, 0.6) is 0 Å². The fourth-order valence-electron chi connectivity index (χ4n) is 1.31. The van der Waals surface area contributed by atoms with Crippen LogP contribution in [0.1, 0.15) is 5.82 Å². The molecular formula is C10H9Cl2N3O2S. The number of aromatic nitrogens is 2. The fourth-order valence-corrected chi connectivity index (χ4v) is 2.87. The van der Waals surface area contributed by atoms with E-state index in [0.29, 0.717) is 10.8 Å². The van der Waals surface area contributed by atoms with Crippen LogP contribution in [-0.2, 0) is 10.0 Å². The Balaban J connectivity index is 2.33. The summed E-state index contributed by atoms with van der Waals surface area (Å²) in [6, 6.07) is 4.49. The lowest BCUT2D eigenvalue weighted by atomic mass is 10.3. The quantitative estimate of drug-likeness (QED) is 0.915. The largest absolute Gasteiger partial charge is 0.332 e. The normalized spacial score (nSPS) is 11.5. The maximum absolute atomic E-state index is 12.0. The molecular weight excluding hydrogens is 297 g/mol. The van der Waals surface area contributed by atoms with Crippen molar-refractivity contribution in [1.82, 2.24) is 9.97 Å². The molecule has 2 rings (SSSR count). The van der Waals surface area contributed by atoms with Crippen molar-refractivity contribution in [2.45, 2.75) is 11.9 Å². The molecule has 0 saturated carbocycles. The highest BCUT2D eigenvalue weighted by Gasteiger charge is 2.17. The highest BCUT2D eigenvalue weighted by Crippen LogP contribution is 2.27. The van der Waals surface area contributed by atoms with E-state index in [-0.39, 0.29) is 15.7 Å². The van der Waals surface area contributed by atoms with E-state index in [2.05, 4.69) is 14.7 Å². The van der Waals surface area contributed by atoms with E-state index in [9.17, 15) is 8.42 Å². The number of anilines is 1. The van der Waals surface area contributed by atoms with Crippen molar-refractivity contribution < 1.29 is 8.42 Å². The summed E-state index contributed by atoms with van der Waals surface area (Å²) >= 11 is 11.6. The summed E-state index contributed by atoms with van der Waals surface area (Å²) in [6.07, 6.45) is 1.24. The number of aryl methyl sites for hydroxylation is 1. The van der Waals surface area contributed by atoms with E-state index < -0.39 is 10.0 Å². The summed E-state index contributed by atoms with van der Waals surface area (Å²) in [6.45, 7) is 1.66. The number of rotatable bonds is 3. The van der Waals surface area contributed by atoms with Gasteiger partial charge in [0.15, 0.2) is 5.03 Å². The van der Waals surface area contributed by atoms with Crippen LogP contribution in [0.4, 0.5) is 5.69 Å². The molecule has 96 valence electrons. The minimum Gasteiger partial charge on any atom is -0.332 e. The molecule has 0 spiro atoms. The molecule has 0 saturated heterocycles. The molecule has 0 unspecified atom stereocenters. The Morgan fingerprint density at radius 3 is 2.61 bits per heavy atom. The molecule has 8 heteroatoms. The number of imidazole rings is 1. The molecule has 2 N–H and O–H groups in total. The Bertz CT molecular complexity index is 682. The Morgan fingerprint density at radius 1 is 1.33 bits per heavy atom. The average molecular weight is 306 g/mol. The standard InChI is InChI=1S/C10H9Cl2N3O2S/c1-6-13-5-10(14-6)18(16,17)15-9-3-2-7(11)4-8(9)12/h2-5,15H,1H3,(H,13,14). The number of aromatic amines is 1. The summed E-state index contributed by atoms with van der Waals surface area (Å²) in [4.78, 5) is 6.47. The summed E-state index contributed by atoms with van der Waals surface area (Å²) in [5.41, 5.74) is 0.258. The van der Waals surface area contributed by atoms with Gasteiger partial charge in [0.05, 0.1) is 16.9 Å². The first-order chi connectivity index (χ1) is 8.38. The highest BCUT2D eigenvalue weighted by atomic mass is 35.5. The van der Waals surface area contributed by atoms with Crippen molar-refractivity contribution in [3.63, 3.8) is 0 Å². The SMILES string of the molecule is Cc1ncc(S(=O)(=O)Nc2ccc(Cl)cc2Cl)[nH]1. The molecule has 0 atom stereocenters. The number of hydrogen-bond acceptors (Lipinski definition) is 3. The van der Waals surface area contributed by atoms with Crippen molar-refractivity contribution >= 4 is 38.9 Å². The third-order valence-electron chi connectivity index (χ3n) is 2.14. The summed E-state index contributed by atoms with van der Waals surface area (Å²) in [5.74, 6) is 0.512. The van der Waals surface area contributed by atoms with Gasteiger partial charge in [0.1, 0.15) is 5.82 Å². The van der Waals surface area contributed by atoms with E-state index in [0.717, 1.165) is 0 Å². The molecule has 0 radical (unpaired) electrons. The number of sulfonamides is 1. The van der Waals surface area contributed by atoms with Crippen molar-refractivity contribution in [3.05, 3.63) is 40.3 Å². The maximum Gasteiger partial charge on any atom is 0.279 e. The first-order valence-corrected chi connectivity index (χ1v) is 7.12. The second-order valence-electron chi connectivity index (χ2n) is 3.56. The predicted octanol–water partition coefficient (Wildman–Crippen LogP) is 2.83. The van der Waals surface area contributed by atoms with Crippen LogP contribution in [0.3, 0.4) is 0 Å². The molecule has 1 heterocycles. The van der Waals surface area contributed by atoms with Crippen LogP contribution in [0.15, 0.2) is 29.4 Å². The Morgan fingerprint density at radius 2 is 2.06 bits per heavy atom. The third-order valence-corrected chi connectivity index (χ3v) is 3.97. The van der Waals surface area contributed by atoms with Gasteiger partial charge in [-0.15, -0.1) is 0 Å². The van der Waals surface area contributed by atoms with Crippen molar-refractivity contribution in [2.24, 2.45) is 0 Å². The van der Waals surface area contributed by atoms with Gasteiger partial charge < -0.3 is 4.98 Å². The van der Waals surface area contributed by atoms with E-state index in [1.54, 1.807) is 13.0 Å². The van der Waals surface area contributed by atoms with Crippen LogP contribution in [0, 0.1) is 6.92 Å². The zero-order valence-electron chi connectivity index (χ0n) is 9.24. The number of benzene rings is 1. The molecule has 0 amide bonds. The molecule has 2 aromatic rings. The third kappa shape index (κ3) is 2.77. The van der Waals surface area contributed by atoms with E-state index in [4.69, 9.17) is 23.2 Å². The lowest BCUT2D eigenvalue weighted by molar-refractivity contribution is 0.598. The molecule has 0 aliphatic heterocycles. The van der Waals surface area contributed by atoms with Crippen molar-refractivity contribution in [2.75, 3.05) is 4.72 Å². The van der Waals surface area contributed by atoms with Crippen LogP contribution < -0.4 is 4.72 Å². The van der Waals surface area contributed by atoms with Gasteiger partial charge in [-0.2, -0.15) is 8.42 Å². The fraction of sp³-hybridized carbons (Fsp3) is 0.100. The monoisotopic (exact) mass is 305 g/mol. The molecule has 5 nitrogen and oxygen atoms in total. The van der Waals surface area contributed by atoms with E-state index in [1.807, 2.05) is 0 Å². The average Bonchev–Trinajstić information content (AvgIpc) is 2.70. The predicted molar refractivity (Wildman–Crippen MR) is 70.6 cm³/mol. The van der Waals surface area contributed by atoms with Gasteiger partial charge in [-0.05, 0) is 25.1 Å². The number of nitrogens with one attached hydrogen (secondary N) is 2. The summed E-state index contributed by atoms with van der Waals surface area (Å²) in [5, 5.41) is 0.633. The minimum absolute atomic E-state index is 0.0222. The first-order valence-electron chi connectivity index (χ1n) is 4.88. The number of hydrogen-bond donors (Lipinski definition) is 2. The van der Waals surface area contributed by atoms with Crippen LogP contribution in [0.2, 0.25) is 10.0 Å². The Hall–Kier alpha value is -1.24. The van der Waals surface area contributed by atoms with Crippen molar-refractivity contribution in [3.8, 4) is 0 Å². The lowest BCUT2D eigenvalue weighted by Crippen LogP contribution is -2.13. The Kier molecular flexibility index (Phi) is 3.52. The first kappa shape index (κ1) is 13.2. The van der Waals surface area contributed by atoms with Gasteiger partial charge in [0.25, 0.3) is 10.0 Å². The molecule has 1 aromatic heterocycles. The number of nitrogens with zero attached hydrogens (tertiary/aromatic N) is 1. The minimum atomic E-state index is -3.72. The second kappa shape index (κ2) is 4.79. The van der Waals surface area contributed by atoms with Crippen LogP contribution in [-0.4, -0.2) is 18.4 Å². The Labute approximate surface area is 114 Å².